The predicted octanol–water partition coefficient (Wildman–Crippen LogP) is -0.245. The molecule has 0 aliphatic carbocycles. The van der Waals surface area contributed by atoms with Crippen LogP contribution in [0.5, 0.6) is 0 Å². The zero-order valence-corrected chi connectivity index (χ0v) is 8.33. The van der Waals surface area contributed by atoms with Crippen molar-refractivity contribution in [2.45, 2.75) is 0 Å². The van der Waals surface area contributed by atoms with Gasteiger partial charge in [0.25, 0.3) is 0 Å². The maximum atomic E-state index is 0. The molecule has 38 valence electrons. The molecule has 0 rings (SSSR count). The topological polar surface area (TPSA) is 57.0 Å². The Labute approximate surface area is 72.3 Å². The van der Waals surface area contributed by atoms with E-state index in [-0.39, 0.29) is 72.9 Å². The standard InChI is InChI=1S/2Ir.2O.Ti/q;;2*-2;. The number of hydrogen-bond donors (Lipinski definition) is 0. The summed E-state index contributed by atoms with van der Waals surface area (Å²) in [5.74, 6) is 0. The summed E-state index contributed by atoms with van der Waals surface area (Å²) >= 11 is 0. The van der Waals surface area contributed by atoms with Gasteiger partial charge >= 0.3 is 0 Å². The summed E-state index contributed by atoms with van der Waals surface area (Å²) in [6.07, 6.45) is 0. The van der Waals surface area contributed by atoms with E-state index in [0.29, 0.717) is 0 Å². The van der Waals surface area contributed by atoms with Gasteiger partial charge in [0.2, 0.25) is 0 Å². The van der Waals surface area contributed by atoms with Crippen molar-refractivity contribution in [1.82, 2.24) is 0 Å². The molecular weight excluding hydrogens is 464 g/mol. The van der Waals surface area contributed by atoms with E-state index in [0.717, 1.165) is 0 Å². The molecule has 2 radical (unpaired) electrons. The van der Waals surface area contributed by atoms with Crippen molar-refractivity contribution in [2.75, 3.05) is 0 Å². The molecule has 5 heavy (non-hydrogen) atoms. The van der Waals surface area contributed by atoms with Crippen LogP contribution in [-0.4, -0.2) is 0 Å². The minimum absolute atomic E-state index is 0. The summed E-state index contributed by atoms with van der Waals surface area (Å²) in [7, 11) is 0. The second kappa shape index (κ2) is 38.6. The molecule has 0 spiro atoms. The molecule has 0 aliphatic rings. The first-order valence-corrected chi connectivity index (χ1v) is 0. The van der Waals surface area contributed by atoms with E-state index in [4.69, 9.17) is 0 Å². The Kier molecular flexibility index (Phi) is 505. The summed E-state index contributed by atoms with van der Waals surface area (Å²) < 4.78 is 0. The third kappa shape index (κ3) is 24.6. The van der Waals surface area contributed by atoms with Gasteiger partial charge < -0.3 is 11.0 Å². The normalized spacial score (nSPS) is 0. The Hall–Kier alpha value is 1.93. The minimum atomic E-state index is 0. The van der Waals surface area contributed by atoms with Crippen LogP contribution >= 0.6 is 0 Å². The van der Waals surface area contributed by atoms with Gasteiger partial charge in [0.1, 0.15) is 0 Å². The fourth-order valence-electron chi connectivity index (χ4n) is 0. The molecule has 0 amide bonds. The zero-order valence-electron chi connectivity index (χ0n) is 1.98. The summed E-state index contributed by atoms with van der Waals surface area (Å²) in [6.45, 7) is 0. The van der Waals surface area contributed by atoms with Gasteiger partial charge in [0.15, 0.2) is 0 Å². The van der Waals surface area contributed by atoms with E-state index in [9.17, 15) is 0 Å². The summed E-state index contributed by atoms with van der Waals surface area (Å²) in [5, 5.41) is 0. The maximum Gasteiger partial charge on any atom is 0 e. The van der Waals surface area contributed by atoms with Crippen LogP contribution in [0, 0.1) is 0 Å². The molecule has 0 saturated heterocycles. The van der Waals surface area contributed by atoms with Crippen molar-refractivity contribution in [3.63, 3.8) is 0 Å². The summed E-state index contributed by atoms with van der Waals surface area (Å²) in [5.41, 5.74) is 0. The van der Waals surface area contributed by atoms with E-state index in [1.54, 1.807) is 0 Å². The molecule has 0 saturated carbocycles. The van der Waals surface area contributed by atoms with Gasteiger partial charge in [-0.15, -0.1) is 0 Å². The fourth-order valence-corrected chi connectivity index (χ4v) is 0. The average molecular weight is 464 g/mol. The third-order valence-corrected chi connectivity index (χ3v) is 0. The maximum absolute atomic E-state index is 0. The summed E-state index contributed by atoms with van der Waals surface area (Å²) in [6, 6.07) is 0. The first-order chi connectivity index (χ1) is 0. The monoisotopic (exact) mass is 466 g/mol. The van der Waals surface area contributed by atoms with Gasteiger partial charge in [-0.3, -0.25) is 0 Å². The molecule has 0 N–H and O–H groups in total. The second-order valence-electron chi connectivity index (χ2n) is 0. The van der Waals surface area contributed by atoms with Crippen LogP contribution < -0.4 is 0 Å². The molecule has 0 aromatic rings. The van der Waals surface area contributed by atoms with Crippen LogP contribution in [0.1, 0.15) is 0 Å². The van der Waals surface area contributed by atoms with Crippen LogP contribution in [0.2, 0.25) is 0 Å². The molecule has 0 heterocycles. The van der Waals surface area contributed by atoms with E-state index in [1.807, 2.05) is 0 Å². The SMILES string of the molecule is [Ir].[Ir].[O-2].[O-2].[Ti]. The summed E-state index contributed by atoms with van der Waals surface area (Å²) in [4.78, 5) is 0. The smallest absolute Gasteiger partial charge is 0 e. The largest absolute Gasteiger partial charge is 2.00 e. The number of rotatable bonds is 0. The van der Waals surface area contributed by atoms with Gasteiger partial charge in [-0.05, 0) is 0 Å². The third-order valence-electron chi connectivity index (χ3n) is 0. The fraction of sp³-hybridized carbons (Fsp3) is 0. The van der Waals surface area contributed by atoms with Crippen molar-refractivity contribution >= 4 is 0 Å². The van der Waals surface area contributed by atoms with Crippen molar-refractivity contribution in [2.24, 2.45) is 0 Å². The van der Waals surface area contributed by atoms with E-state index >= 15 is 0 Å². The average Bonchev–Trinajstić information content (AvgIpc) is 0. The molecule has 0 unspecified atom stereocenters. The quantitative estimate of drug-likeness (QED) is 0.445. The van der Waals surface area contributed by atoms with Crippen LogP contribution in [0.4, 0.5) is 0 Å². The van der Waals surface area contributed by atoms with Gasteiger partial charge in [-0.1, -0.05) is 0 Å². The Balaban J connectivity index is 0. The van der Waals surface area contributed by atoms with Gasteiger partial charge in [0, 0.05) is 61.9 Å². The van der Waals surface area contributed by atoms with Crippen LogP contribution in [0.3, 0.4) is 0 Å². The first kappa shape index (κ1) is 65.3. The van der Waals surface area contributed by atoms with Crippen LogP contribution in [0.15, 0.2) is 0 Å². The van der Waals surface area contributed by atoms with Crippen molar-refractivity contribution in [3.05, 3.63) is 0 Å². The second-order valence-corrected chi connectivity index (χ2v) is 0. The Morgan fingerprint density at radius 1 is 0.600 bits per heavy atom. The van der Waals surface area contributed by atoms with Crippen molar-refractivity contribution in [3.8, 4) is 0 Å². The van der Waals surface area contributed by atoms with E-state index in [2.05, 4.69) is 0 Å². The molecule has 2 nitrogen and oxygen atoms in total. The Morgan fingerprint density at radius 2 is 0.600 bits per heavy atom. The molecule has 0 aromatic carbocycles. The Bertz CT molecular complexity index is 7.61. The van der Waals surface area contributed by atoms with Gasteiger partial charge in [-0.2, -0.15) is 0 Å². The van der Waals surface area contributed by atoms with Crippen LogP contribution in [-0.2, 0) is 72.9 Å². The molecule has 0 aliphatic heterocycles. The number of hydrogen-bond acceptors (Lipinski definition) is 0. The van der Waals surface area contributed by atoms with Crippen LogP contribution in [0.25, 0.3) is 0 Å². The molecule has 0 atom stereocenters. The predicted molar refractivity (Wildman–Crippen MR) is 1.37 cm³/mol. The minimum Gasteiger partial charge on any atom is -2.00 e. The van der Waals surface area contributed by atoms with Crippen molar-refractivity contribution in [1.29, 1.82) is 0 Å². The molecular formula is Ir2O2Ti-4. The van der Waals surface area contributed by atoms with Crippen molar-refractivity contribution < 1.29 is 72.9 Å². The first-order valence-electron chi connectivity index (χ1n) is 0. The molecule has 0 aromatic heterocycles. The molecule has 5 heteroatoms. The zero-order chi connectivity index (χ0) is 0. The van der Waals surface area contributed by atoms with Gasteiger partial charge in [0.05, 0.1) is 0 Å². The van der Waals surface area contributed by atoms with Gasteiger partial charge in [-0.25, -0.2) is 0 Å². The van der Waals surface area contributed by atoms with E-state index in [1.165, 1.54) is 0 Å². The molecule has 0 fully saturated rings. The molecule has 0 bridgehead atoms. The van der Waals surface area contributed by atoms with E-state index < -0.39 is 0 Å². The Morgan fingerprint density at radius 3 is 0.600 bits per heavy atom.